The molecule has 0 aliphatic carbocycles. The molecule has 3 rings (SSSR count). The van der Waals surface area contributed by atoms with Crippen molar-refractivity contribution in [1.29, 1.82) is 0 Å². The molecular formula is C21H18N2O6. The van der Waals surface area contributed by atoms with Crippen LogP contribution >= 0.6 is 0 Å². The second-order valence-corrected chi connectivity index (χ2v) is 6.38. The summed E-state index contributed by atoms with van der Waals surface area (Å²) in [5.74, 6) is -2.59. The molecule has 8 nitrogen and oxygen atoms in total. The molecule has 2 aromatic carbocycles. The minimum atomic E-state index is -1.16. The van der Waals surface area contributed by atoms with Crippen LogP contribution in [-0.4, -0.2) is 35.0 Å². The second kappa shape index (κ2) is 7.97. The molecule has 0 spiro atoms. The summed E-state index contributed by atoms with van der Waals surface area (Å²) in [5.41, 5.74) is 1.10. The van der Waals surface area contributed by atoms with E-state index in [-0.39, 0.29) is 11.3 Å². The molecule has 1 atom stereocenters. The number of rotatable bonds is 5. The van der Waals surface area contributed by atoms with Gasteiger partial charge in [0.1, 0.15) is 11.3 Å². The standard InChI is InChI=1S/C21H18N2O6/c1-12-7-3-5-9-16(12)23-19(25)15(18(24)22-21(23)28)11-14-8-4-6-10-17(14)29-13(2)20(26)27/h3-11,13H,1-2H3,(H,26,27)(H,22,24,28)/b15-11+/t13-/m1/s1. The monoisotopic (exact) mass is 394 g/mol. The van der Waals surface area contributed by atoms with Crippen molar-refractivity contribution in [2.75, 3.05) is 4.90 Å². The molecule has 8 heteroatoms. The van der Waals surface area contributed by atoms with Gasteiger partial charge in [0, 0.05) is 5.56 Å². The van der Waals surface area contributed by atoms with Gasteiger partial charge < -0.3 is 9.84 Å². The predicted octanol–water partition coefficient (Wildman–Crippen LogP) is 2.51. The molecule has 1 aliphatic rings. The number of carboxylic acids is 1. The maximum Gasteiger partial charge on any atom is 0.344 e. The van der Waals surface area contributed by atoms with Crippen molar-refractivity contribution >= 4 is 35.6 Å². The summed E-state index contributed by atoms with van der Waals surface area (Å²) in [7, 11) is 0. The van der Waals surface area contributed by atoms with Gasteiger partial charge in [-0.3, -0.25) is 14.9 Å². The first-order valence-corrected chi connectivity index (χ1v) is 8.75. The highest BCUT2D eigenvalue weighted by Crippen LogP contribution is 2.27. The van der Waals surface area contributed by atoms with Crippen LogP contribution in [0.5, 0.6) is 5.75 Å². The molecule has 0 saturated carbocycles. The molecule has 1 saturated heterocycles. The molecule has 0 unspecified atom stereocenters. The number of imide groups is 2. The second-order valence-electron chi connectivity index (χ2n) is 6.38. The zero-order valence-corrected chi connectivity index (χ0v) is 15.7. The number of aryl methyl sites for hydroxylation is 1. The zero-order chi connectivity index (χ0) is 21.1. The van der Waals surface area contributed by atoms with Crippen LogP contribution in [0.3, 0.4) is 0 Å². The average molecular weight is 394 g/mol. The van der Waals surface area contributed by atoms with E-state index < -0.39 is 29.9 Å². The highest BCUT2D eigenvalue weighted by Gasteiger charge is 2.37. The zero-order valence-electron chi connectivity index (χ0n) is 15.7. The van der Waals surface area contributed by atoms with Crippen LogP contribution in [0.15, 0.2) is 54.1 Å². The lowest BCUT2D eigenvalue weighted by Crippen LogP contribution is -2.54. The fourth-order valence-corrected chi connectivity index (χ4v) is 2.79. The van der Waals surface area contributed by atoms with Crippen LogP contribution in [-0.2, 0) is 14.4 Å². The van der Waals surface area contributed by atoms with E-state index in [1.165, 1.54) is 19.1 Å². The average Bonchev–Trinajstić information content (AvgIpc) is 2.67. The van der Waals surface area contributed by atoms with Crippen LogP contribution in [0.25, 0.3) is 6.08 Å². The molecule has 2 N–H and O–H groups in total. The number of ether oxygens (including phenoxy) is 1. The van der Waals surface area contributed by atoms with Crippen molar-refractivity contribution in [1.82, 2.24) is 5.32 Å². The van der Waals surface area contributed by atoms with E-state index in [1.54, 1.807) is 49.4 Å². The summed E-state index contributed by atoms with van der Waals surface area (Å²) < 4.78 is 5.40. The number of nitrogens with zero attached hydrogens (tertiary/aromatic N) is 1. The molecule has 2 aromatic rings. The number of urea groups is 1. The number of carbonyl (C=O) groups excluding carboxylic acids is 3. The molecule has 1 heterocycles. The molecule has 29 heavy (non-hydrogen) atoms. The number of anilines is 1. The number of hydrogen-bond donors (Lipinski definition) is 2. The van der Waals surface area contributed by atoms with Gasteiger partial charge in [-0.05, 0) is 37.6 Å². The highest BCUT2D eigenvalue weighted by molar-refractivity contribution is 6.39. The van der Waals surface area contributed by atoms with Crippen LogP contribution < -0.4 is 15.0 Å². The van der Waals surface area contributed by atoms with E-state index in [9.17, 15) is 19.2 Å². The van der Waals surface area contributed by atoms with Gasteiger partial charge in [0.15, 0.2) is 6.10 Å². The van der Waals surface area contributed by atoms with Gasteiger partial charge in [0.2, 0.25) is 0 Å². The lowest BCUT2D eigenvalue weighted by molar-refractivity contribution is -0.144. The molecule has 148 valence electrons. The van der Waals surface area contributed by atoms with Crippen molar-refractivity contribution < 1.29 is 29.0 Å². The van der Waals surface area contributed by atoms with E-state index in [1.807, 2.05) is 0 Å². The number of carbonyl (C=O) groups is 4. The van der Waals surface area contributed by atoms with Crippen LogP contribution in [0.1, 0.15) is 18.1 Å². The Bertz CT molecular complexity index is 1040. The minimum Gasteiger partial charge on any atom is -0.479 e. The summed E-state index contributed by atoms with van der Waals surface area (Å²) in [4.78, 5) is 49.6. The summed E-state index contributed by atoms with van der Waals surface area (Å²) in [6.07, 6.45) is 0.148. The Labute approximate surface area is 166 Å². The van der Waals surface area contributed by atoms with Crippen molar-refractivity contribution in [3.8, 4) is 5.75 Å². The van der Waals surface area contributed by atoms with Crippen LogP contribution in [0.4, 0.5) is 10.5 Å². The topological polar surface area (TPSA) is 113 Å². The van der Waals surface area contributed by atoms with Gasteiger partial charge in [0.05, 0.1) is 5.69 Å². The van der Waals surface area contributed by atoms with Gasteiger partial charge in [-0.1, -0.05) is 36.4 Å². The van der Waals surface area contributed by atoms with Gasteiger partial charge in [0.25, 0.3) is 11.8 Å². The minimum absolute atomic E-state index is 0.190. The van der Waals surface area contributed by atoms with Gasteiger partial charge >= 0.3 is 12.0 Å². The number of carboxylic acid groups (broad SMARTS) is 1. The highest BCUT2D eigenvalue weighted by atomic mass is 16.5. The maximum absolute atomic E-state index is 13.0. The molecule has 0 radical (unpaired) electrons. The largest absolute Gasteiger partial charge is 0.479 e. The first kappa shape index (κ1) is 19.8. The van der Waals surface area contributed by atoms with Gasteiger partial charge in [-0.15, -0.1) is 0 Å². The normalized spacial score (nSPS) is 16.6. The van der Waals surface area contributed by atoms with Gasteiger partial charge in [-0.25, -0.2) is 14.5 Å². The van der Waals surface area contributed by atoms with E-state index in [0.29, 0.717) is 16.8 Å². The maximum atomic E-state index is 13.0. The van der Waals surface area contributed by atoms with Crippen LogP contribution in [0, 0.1) is 6.92 Å². The molecule has 4 amide bonds. The third kappa shape index (κ3) is 4.01. The van der Waals surface area contributed by atoms with Gasteiger partial charge in [-0.2, -0.15) is 0 Å². The number of hydrogen-bond acceptors (Lipinski definition) is 5. The Morgan fingerprint density at radius 1 is 1.10 bits per heavy atom. The Kier molecular flexibility index (Phi) is 5.45. The Morgan fingerprint density at radius 2 is 1.76 bits per heavy atom. The third-order valence-corrected chi connectivity index (χ3v) is 4.33. The quantitative estimate of drug-likeness (QED) is 0.595. The number of aliphatic carboxylic acids is 1. The lowest BCUT2D eigenvalue weighted by Gasteiger charge is -2.27. The molecule has 1 fully saturated rings. The number of amides is 4. The SMILES string of the molecule is Cc1ccccc1N1C(=O)NC(=O)/C(=C\c2ccccc2O[C@H](C)C(=O)O)C1=O. The molecule has 1 aliphatic heterocycles. The third-order valence-electron chi connectivity index (χ3n) is 4.33. The summed E-state index contributed by atoms with van der Waals surface area (Å²) in [5, 5.41) is 11.2. The first-order valence-electron chi connectivity index (χ1n) is 8.75. The predicted molar refractivity (Wildman–Crippen MR) is 104 cm³/mol. The Balaban J connectivity index is 2.02. The molecule has 0 aromatic heterocycles. The van der Waals surface area contributed by atoms with Crippen LogP contribution in [0.2, 0.25) is 0 Å². The number of para-hydroxylation sites is 2. The number of barbiturate groups is 1. The Hall–Kier alpha value is -3.94. The van der Waals surface area contributed by atoms with E-state index >= 15 is 0 Å². The molecule has 0 bridgehead atoms. The number of nitrogens with one attached hydrogen (secondary N) is 1. The van der Waals surface area contributed by atoms with Crippen molar-refractivity contribution in [3.63, 3.8) is 0 Å². The fourth-order valence-electron chi connectivity index (χ4n) is 2.79. The lowest BCUT2D eigenvalue weighted by atomic mass is 10.0. The number of benzene rings is 2. The molecular weight excluding hydrogens is 376 g/mol. The van der Waals surface area contributed by atoms with Crippen molar-refractivity contribution in [3.05, 3.63) is 65.2 Å². The van der Waals surface area contributed by atoms with E-state index in [4.69, 9.17) is 9.84 Å². The van der Waals surface area contributed by atoms with Crippen molar-refractivity contribution in [2.45, 2.75) is 20.0 Å². The van der Waals surface area contributed by atoms with E-state index in [0.717, 1.165) is 4.90 Å². The summed E-state index contributed by atoms with van der Waals surface area (Å²) in [6.45, 7) is 3.11. The summed E-state index contributed by atoms with van der Waals surface area (Å²) in [6, 6.07) is 12.3. The summed E-state index contributed by atoms with van der Waals surface area (Å²) >= 11 is 0. The van der Waals surface area contributed by atoms with Crippen molar-refractivity contribution in [2.24, 2.45) is 0 Å². The first-order chi connectivity index (χ1) is 13.8. The van der Waals surface area contributed by atoms with E-state index in [2.05, 4.69) is 5.32 Å². The smallest absolute Gasteiger partial charge is 0.344 e. The Morgan fingerprint density at radius 3 is 2.45 bits per heavy atom. The fraction of sp³-hybridized carbons (Fsp3) is 0.143.